The quantitative estimate of drug-likeness (QED) is 0.0329. The molecule has 1 unspecified atom stereocenters. The van der Waals surface area contributed by atoms with E-state index in [9.17, 15) is 24.2 Å². The molecule has 0 aliphatic heterocycles. The number of carbonyl (C=O) groups excluding carboxylic acids is 2. The van der Waals surface area contributed by atoms with Gasteiger partial charge >= 0.3 is 19.8 Å². The molecule has 0 bridgehead atoms. The van der Waals surface area contributed by atoms with Gasteiger partial charge in [0.2, 0.25) is 0 Å². The number of carbonyl (C=O) groups is 2. The van der Waals surface area contributed by atoms with Crippen LogP contribution in [0.3, 0.4) is 0 Å². The Morgan fingerprint density at radius 1 is 0.553 bits per heavy atom. The van der Waals surface area contributed by atoms with Crippen LogP contribution in [0.4, 0.5) is 0 Å². The first-order valence-electron chi connectivity index (χ1n) is 19.0. The van der Waals surface area contributed by atoms with Crippen molar-refractivity contribution in [3.8, 4) is 0 Å². The van der Waals surface area contributed by atoms with Crippen LogP contribution in [0.5, 0.6) is 0 Å². The number of ether oxygens (including phenoxy) is 2. The van der Waals surface area contributed by atoms with Gasteiger partial charge in [0.05, 0.1) is 19.8 Å². The molecule has 0 saturated carbocycles. The van der Waals surface area contributed by atoms with E-state index >= 15 is 0 Å². The molecule has 10 nitrogen and oxygen atoms in total. The third-order valence-electron chi connectivity index (χ3n) is 8.26. The van der Waals surface area contributed by atoms with Gasteiger partial charge in [-0.25, -0.2) is 4.57 Å². The van der Waals surface area contributed by atoms with E-state index in [4.69, 9.17) is 19.1 Å². The van der Waals surface area contributed by atoms with Crippen molar-refractivity contribution in [2.24, 2.45) is 0 Å². The molecule has 0 aromatic carbocycles. The maximum Gasteiger partial charge on any atom is 0.472 e. The molecule has 0 heterocycles. The summed E-state index contributed by atoms with van der Waals surface area (Å²) in [6.45, 7) is 2.37. The minimum atomic E-state index is -4.60. The monoisotopic (exact) mass is 694 g/mol. The average Bonchev–Trinajstić information content (AvgIpc) is 3.05. The highest BCUT2D eigenvalue weighted by atomic mass is 31.2. The van der Waals surface area contributed by atoms with Gasteiger partial charge in [-0.2, -0.15) is 0 Å². The van der Waals surface area contributed by atoms with Gasteiger partial charge in [0.25, 0.3) is 0 Å². The third-order valence-corrected chi connectivity index (χ3v) is 9.21. The van der Waals surface area contributed by atoms with Gasteiger partial charge < -0.3 is 24.6 Å². The van der Waals surface area contributed by atoms with Crippen LogP contribution in [0, 0.1) is 0 Å². The van der Waals surface area contributed by atoms with Crippen LogP contribution in [-0.4, -0.2) is 65.7 Å². The lowest BCUT2D eigenvalue weighted by Gasteiger charge is -2.20. The fraction of sp³-hybridized carbons (Fsp3) is 0.944. The molecule has 0 aliphatic rings. The fourth-order valence-corrected chi connectivity index (χ4v) is 6.08. The van der Waals surface area contributed by atoms with E-state index in [1.807, 2.05) is 0 Å². The number of phosphoric ester groups is 1. The topological polar surface area (TPSA) is 149 Å². The first-order valence-corrected chi connectivity index (χ1v) is 20.5. The highest BCUT2D eigenvalue weighted by Crippen LogP contribution is 2.43. The molecule has 3 N–H and O–H groups in total. The lowest BCUT2D eigenvalue weighted by atomic mass is 10.0. The van der Waals surface area contributed by atoms with Crippen molar-refractivity contribution in [2.45, 2.75) is 193 Å². The predicted molar refractivity (Wildman–Crippen MR) is 187 cm³/mol. The van der Waals surface area contributed by atoms with Crippen LogP contribution in [0.1, 0.15) is 181 Å². The Morgan fingerprint density at radius 2 is 0.915 bits per heavy atom. The van der Waals surface area contributed by atoms with E-state index in [0.29, 0.717) is 12.8 Å². The van der Waals surface area contributed by atoms with Crippen LogP contribution < -0.4 is 0 Å². The van der Waals surface area contributed by atoms with Gasteiger partial charge in [0, 0.05) is 12.8 Å². The van der Waals surface area contributed by atoms with Crippen molar-refractivity contribution in [1.29, 1.82) is 0 Å². The zero-order chi connectivity index (χ0) is 34.9. The summed E-state index contributed by atoms with van der Waals surface area (Å²) in [5.41, 5.74) is 0. The molecular formula is C36H71O10P. The number of hydrogen-bond acceptors (Lipinski definition) is 9. The molecule has 0 aliphatic carbocycles. The Kier molecular flexibility index (Phi) is 32.7. The van der Waals surface area contributed by atoms with Crippen molar-refractivity contribution in [3.63, 3.8) is 0 Å². The van der Waals surface area contributed by atoms with Gasteiger partial charge in [-0.05, 0) is 12.8 Å². The highest BCUT2D eigenvalue weighted by molar-refractivity contribution is 7.47. The smallest absolute Gasteiger partial charge is 0.462 e. The van der Waals surface area contributed by atoms with Crippen molar-refractivity contribution in [1.82, 2.24) is 0 Å². The van der Waals surface area contributed by atoms with Crippen LogP contribution in [0.25, 0.3) is 0 Å². The number of phosphoric acid groups is 1. The third kappa shape index (κ3) is 33.3. The second-order valence-corrected chi connectivity index (χ2v) is 14.4. The van der Waals surface area contributed by atoms with Crippen molar-refractivity contribution < 1.29 is 47.8 Å². The van der Waals surface area contributed by atoms with Crippen LogP contribution in [0.2, 0.25) is 0 Å². The summed E-state index contributed by atoms with van der Waals surface area (Å²) in [5, 5.41) is 18.2. The minimum Gasteiger partial charge on any atom is -0.462 e. The summed E-state index contributed by atoms with van der Waals surface area (Å²) in [6, 6.07) is 0. The largest absolute Gasteiger partial charge is 0.472 e. The Morgan fingerprint density at radius 3 is 1.32 bits per heavy atom. The lowest BCUT2D eigenvalue weighted by molar-refractivity contribution is -0.161. The van der Waals surface area contributed by atoms with E-state index in [2.05, 4.69) is 18.4 Å². The number of esters is 2. The summed E-state index contributed by atoms with van der Waals surface area (Å²) >= 11 is 0. The molecule has 47 heavy (non-hydrogen) atoms. The summed E-state index contributed by atoms with van der Waals surface area (Å²) < 4.78 is 32.5. The zero-order valence-corrected chi connectivity index (χ0v) is 30.9. The number of rotatable bonds is 36. The fourth-order valence-electron chi connectivity index (χ4n) is 5.29. The molecule has 0 amide bonds. The van der Waals surface area contributed by atoms with E-state index in [1.54, 1.807) is 0 Å². The standard InChI is InChI=1S/C36H71O10P/c1-3-5-7-9-11-13-15-16-17-18-20-22-24-26-28-36(40)46-34(32-45-47(41,42)44-30-33(38)29-37)31-43-35(39)27-25-23-21-19-14-12-10-8-6-4-2/h33-34,37-38H,3-32H2,1-2H3,(H,41,42)/t33-,34+/m0/s1. The maximum atomic E-state index is 12.5. The van der Waals surface area contributed by atoms with Crippen LogP contribution in [0.15, 0.2) is 0 Å². The van der Waals surface area contributed by atoms with Gasteiger partial charge in [-0.15, -0.1) is 0 Å². The second kappa shape index (κ2) is 33.5. The molecule has 0 saturated heterocycles. The first kappa shape index (κ1) is 46.0. The zero-order valence-electron chi connectivity index (χ0n) is 30.0. The van der Waals surface area contributed by atoms with E-state index in [-0.39, 0.29) is 19.4 Å². The van der Waals surface area contributed by atoms with Gasteiger partial charge in [-0.3, -0.25) is 18.6 Å². The summed E-state index contributed by atoms with van der Waals surface area (Å²) in [4.78, 5) is 34.7. The summed E-state index contributed by atoms with van der Waals surface area (Å²) in [7, 11) is -4.60. The molecule has 0 aromatic heterocycles. The van der Waals surface area contributed by atoms with Gasteiger partial charge in [0.15, 0.2) is 6.10 Å². The van der Waals surface area contributed by atoms with Gasteiger partial charge in [0.1, 0.15) is 12.7 Å². The maximum absolute atomic E-state index is 12.5. The Labute approximate surface area is 286 Å². The second-order valence-electron chi connectivity index (χ2n) is 13.0. The SMILES string of the molecule is CCCCCCCCCCCCCCCCC(=O)O[C@H](COC(=O)CCCCCCCCCCCC)COP(=O)(O)OC[C@@H](O)CO. The molecule has 0 fully saturated rings. The van der Waals surface area contributed by atoms with Crippen LogP contribution in [-0.2, 0) is 32.7 Å². The minimum absolute atomic E-state index is 0.192. The molecule has 280 valence electrons. The summed E-state index contributed by atoms with van der Waals surface area (Å²) in [6.07, 6.45) is 26.4. The Hall–Kier alpha value is -1.03. The highest BCUT2D eigenvalue weighted by Gasteiger charge is 2.27. The van der Waals surface area contributed by atoms with E-state index in [0.717, 1.165) is 38.5 Å². The molecule has 0 spiro atoms. The predicted octanol–water partition coefficient (Wildman–Crippen LogP) is 9.11. The first-order chi connectivity index (χ1) is 22.7. The number of unbranched alkanes of at least 4 members (excludes halogenated alkanes) is 22. The van der Waals surface area contributed by atoms with Crippen molar-refractivity contribution in [3.05, 3.63) is 0 Å². The van der Waals surface area contributed by atoms with E-state index in [1.165, 1.54) is 103 Å². The molecule has 11 heteroatoms. The summed E-state index contributed by atoms with van der Waals surface area (Å²) in [5.74, 6) is -0.917. The molecule has 3 atom stereocenters. The number of aliphatic hydroxyl groups is 2. The average molecular weight is 695 g/mol. The lowest BCUT2D eigenvalue weighted by Crippen LogP contribution is -2.29. The van der Waals surface area contributed by atoms with Crippen molar-refractivity contribution in [2.75, 3.05) is 26.4 Å². The molecular weight excluding hydrogens is 623 g/mol. The Balaban J connectivity index is 4.33. The molecule has 0 aromatic rings. The molecule has 0 rings (SSSR count). The van der Waals surface area contributed by atoms with Gasteiger partial charge in [-0.1, -0.05) is 155 Å². The number of hydrogen-bond donors (Lipinski definition) is 3. The number of aliphatic hydroxyl groups excluding tert-OH is 2. The van der Waals surface area contributed by atoms with Crippen LogP contribution >= 0.6 is 7.82 Å². The van der Waals surface area contributed by atoms with E-state index < -0.39 is 51.8 Å². The Bertz CT molecular complexity index is 766. The normalized spacial score (nSPS) is 14.1. The van der Waals surface area contributed by atoms with Crippen molar-refractivity contribution >= 4 is 19.8 Å². The molecule has 0 radical (unpaired) electrons.